The fourth-order valence-corrected chi connectivity index (χ4v) is 1.32. The highest BCUT2D eigenvalue weighted by atomic mass is 14.1. The molecule has 0 radical (unpaired) electrons. The third-order valence-corrected chi connectivity index (χ3v) is 2.28. The van der Waals surface area contributed by atoms with E-state index < -0.39 is 0 Å². The van der Waals surface area contributed by atoms with Gasteiger partial charge in [-0.2, -0.15) is 0 Å². The van der Waals surface area contributed by atoms with Crippen LogP contribution in [0.3, 0.4) is 0 Å². The van der Waals surface area contributed by atoms with Gasteiger partial charge in [0.25, 0.3) is 0 Å². The van der Waals surface area contributed by atoms with Crippen LogP contribution in [0, 0.1) is 11.8 Å². The van der Waals surface area contributed by atoms with Gasteiger partial charge in [0.2, 0.25) is 0 Å². The van der Waals surface area contributed by atoms with Crippen molar-refractivity contribution >= 4 is 0 Å². The molecule has 1 atom stereocenters. The lowest BCUT2D eigenvalue weighted by Crippen LogP contribution is -1.97. The summed E-state index contributed by atoms with van der Waals surface area (Å²) in [5.74, 6) is 1.81. The van der Waals surface area contributed by atoms with E-state index in [1.807, 2.05) is 0 Å². The highest BCUT2D eigenvalue weighted by molar-refractivity contribution is 4.52. The van der Waals surface area contributed by atoms with Gasteiger partial charge in [-0.05, 0) is 18.3 Å². The first kappa shape index (κ1) is 15.5. The van der Waals surface area contributed by atoms with E-state index in [2.05, 4.69) is 41.5 Å². The SMILES string of the molecule is CCC(C)CC(C)C.CCCCC. The van der Waals surface area contributed by atoms with Crippen molar-refractivity contribution < 1.29 is 0 Å². The first-order valence-electron chi connectivity index (χ1n) is 6.08. The minimum Gasteiger partial charge on any atom is -0.0654 e. The van der Waals surface area contributed by atoms with Crippen LogP contribution in [0.4, 0.5) is 0 Å². The molecule has 0 aromatic carbocycles. The lowest BCUT2D eigenvalue weighted by atomic mass is 9.97. The van der Waals surface area contributed by atoms with Crippen molar-refractivity contribution in [3.63, 3.8) is 0 Å². The Bertz CT molecular complexity index is 72.1. The fraction of sp³-hybridized carbons (Fsp3) is 1.00. The van der Waals surface area contributed by atoms with Crippen molar-refractivity contribution in [3.8, 4) is 0 Å². The van der Waals surface area contributed by atoms with Crippen molar-refractivity contribution in [2.75, 3.05) is 0 Å². The smallest absolute Gasteiger partial charge is 0.0443 e. The summed E-state index contributed by atoms with van der Waals surface area (Å²) in [6.45, 7) is 13.6. The Morgan fingerprint density at radius 1 is 0.846 bits per heavy atom. The van der Waals surface area contributed by atoms with Gasteiger partial charge in [0.05, 0.1) is 0 Å². The van der Waals surface area contributed by atoms with Crippen molar-refractivity contribution in [2.24, 2.45) is 11.8 Å². The van der Waals surface area contributed by atoms with Crippen LogP contribution in [0.1, 0.15) is 73.6 Å². The second kappa shape index (κ2) is 12.0. The summed E-state index contributed by atoms with van der Waals surface area (Å²) >= 11 is 0. The van der Waals surface area contributed by atoms with Gasteiger partial charge < -0.3 is 0 Å². The largest absolute Gasteiger partial charge is 0.0654 e. The Kier molecular flexibility index (Phi) is 14.3. The molecule has 0 saturated heterocycles. The van der Waals surface area contributed by atoms with E-state index in [1.54, 1.807) is 0 Å². The van der Waals surface area contributed by atoms with Gasteiger partial charge in [-0.25, -0.2) is 0 Å². The van der Waals surface area contributed by atoms with Crippen LogP contribution in [0.2, 0.25) is 0 Å². The second-order valence-electron chi connectivity index (χ2n) is 4.50. The molecule has 0 nitrogen and oxygen atoms in total. The van der Waals surface area contributed by atoms with Crippen molar-refractivity contribution in [3.05, 3.63) is 0 Å². The number of hydrogen-bond donors (Lipinski definition) is 0. The maximum Gasteiger partial charge on any atom is -0.0443 e. The summed E-state index contributed by atoms with van der Waals surface area (Å²) in [7, 11) is 0. The zero-order valence-corrected chi connectivity index (χ0v) is 10.7. The van der Waals surface area contributed by atoms with Gasteiger partial charge in [0.15, 0.2) is 0 Å². The molecule has 0 rings (SSSR count). The third-order valence-electron chi connectivity index (χ3n) is 2.28. The summed E-state index contributed by atoms with van der Waals surface area (Å²) in [6.07, 6.45) is 6.79. The average Bonchev–Trinajstić information content (AvgIpc) is 2.06. The maximum atomic E-state index is 2.32. The van der Waals surface area contributed by atoms with E-state index in [0.717, 1.165) is 11.8 Å². The zero-order valence-electron chi connectivity index (χ0n) is 10.7. The van der Waals surface area contributed by atoms with Gasteiger partial charge in [-0.1, -0.05) is 67.2 Å². The Morgan fingerprint density at radius 3 is 1.38 bits per heavy atom. The summed E-state index contributed by atoms with van der Waals surface area (Å²) < 4.78 is 0. The molecule has 0 aromatic heterocycles. The van der Waals surface area contributed by atoms with Crippen LogP contribution in [0.15, 0.2) is 0 Å². The molecule has 0 bridgehead atoms. The van der Waals surface area contributed by atoms with E-state index in [4.69, 9.17) is 0 Å². The molecule has 0 heterocycles. The van der Waals surface area contributed by atoms with Gasteiger partial charge in [0, 0.05) is 0 Å². The molecule has 0 heteroatoms. The van der Waals surface area contributed by atoms with Gasteiger partial charge in [0.1, 0.15) is 0 Å². The highest BCUT2D eigenvalue weighted by Crippen LogP contribution is 2.12. The van der Waals surface area contributed by atoms with E-state index in [0.29, 0.717) is 0 Å². The Morgan fingerprint density at radius 2 is 1.31 bits per heavy atom. The molecule has 1 unspecified atom stereocenters. The molecule has 82 valence electrons. The van der Waals surface area contributed by atoms with Gasteiger partial charge >= 0.3 is 0 Å². The molecule has 0 fully saturated rings. The molecule has 0 aliphatic rings. The van der Waals surface area contributed by atoms with Crippen molar-refractivity contribution in [1.29, 1.82) is 0 Å². The van der Waals surface area contributed by atoms with Crippen LogP contribution >= 0.6 is 0 Å². The Hall–Kier alpha value is 0. The first-order valence-corrected chi connectivity index (χ1v) is 6.08. The van der Waals surface area contributed by atoms with Crippen LogP contribution in [0.5, 0.6) is 0 Å². The summed E-state index contributed by atoms with van der Waals surface area (Å²) in [4.78, 5) is 0. The lowest BCUT2D eigenvalue weighted by molar-refractivity contribution is 0.429. The second-order valence-corrected chi connectivity index (χ2v) is 4.50. The molecular formula is C13H30. The number of unbranched alkanes of at least 4 members (excludes halogenated alkanes) is 2. The Balaban J connectivity index is 0. The van der Waals surface area contributed by atoms with Crippen LogP contribution < -0.4 is 0 Å². The average molecular weight is 186 g/mol. The number of rotatable bonds is 5. The fourth-order valence-electron chi connectivity index (χ4n) is 1.32. The topological polar surface area (TPSA) is 0 Å². The predicted molar refractivity (Wildman–Crippen MR) is 64.1 cm³/mol. The molecule has 13 heavy (non-hydrogen) atoms. The maximum absolute atomic E-state index is 2.32. The third kappa shape index (κ3) is 18.8. The normalized spacial score (nSPS) is 12.2. The minimum absolute atomic E-state index is 0.880. The summed E-state index contributed by atoms with van der Waals surface area (Å²) in [5.41, 5.74) is 0. The van der Waals surface area contributed by atoms with E-state index in [9.17, 15) is 0 Å². The molecular weight excluding hydrogens is 156 g/mol. The molecule has 0 saturated carbocycles. The van der Waals surface area contributed by atoms with E-state index >= 15 is 0 Å². The molecule has 0 spiro atoms. The minimum atomic E-state index is 0.880. The molecule has 0 N–H and O–H groups in total. The molecule has 0 aromatic rings. The number of hydrogen-bond acceptors (Lipinski definition) is 0. The van der Waals surface area contributed by atoms with Crippen molar-refractivity contribution in [1.82, 2.24) is 0 Å². The van der Waals surface area contributed by atoms with Crippen LogP contribution in [-0.2, 0) is 0 Å². The molecule has 0 amide bonds. The van der Waals surface area contributed by atoms with E-state index in [-0.39, 0.29) is 0 Å². The van der Waals surface area contributed by atoms with Crippen LogP contribution in [-0.4, -0.2) is 0 Å². The Labute approximate surface area is 86.1 Å². The lowest BCUT2D eigenvalue weighted by Gasteiger charge is -2.09. The van der Waals surface area contributed by atoms with Gasteiger partial charge in [-0.15, -0.1) is 0 Å². The van der Waals surface area contributed by atoms with Crippen LogP contribution in [0.25, 0.3) is 0 Å². The highest BCUT2D eigenvalue weighted by Gasteiger charge is 2.00. The standard InChI is InChI=1S/C8H18.C5H12/c1-5-8(4)6-7(2)3;1-3-5-4-2/h7-8H,5-6H2,1-4H3;3-5H2,1-2H3. The monoisotopic (exact) mass is 186 g/mol. The first-order chi connectivity index (χ1) is 6.08. The predicted octanol–water partition coefficient (Wildman–Crippen LogP) is 5.28. The quantitative estimate of drug-likeness (QED) is 0.548. The molecule has 0 aliphatic heterocycles. The zero-order chi connectivity index (χ0) is 10.7. The van der Waals surface area contributed by atoms with Gasteiger partial charge in [-0.3, -0.25) is 0 Å². The molecule has 0 aliphatic carbocycles. The van der Waals surface area contributed by atoms with E-state index in [1.165, 1.54) is 32.1 Å². The summed E-state index contributed by atoms with van der Waals surface area (Å²) in [6, 6.07) is 0. The van der Waals surface area contributed by atoms with Crippen molar-refractivity contribution in [2.45, 2.75) is 73.6 Å². The summed E-state index contributed by atoms with van der Waals surface area (Å²) in [5, 5.41) is 0.